The van der Waals surface area contributed by atoms with Crippen LogP contribution in [-0.2, 0) is 9.53 Å². The fourth-order valence-corrected chi connectivity index (χ4v) is 3.94. The number of ether oxygens (including phenoxy) is 1. The van der Waals surface area contributed by atoms with E-state index >= 15 is 0 Å². The lowest BCUT2D eigenvalue weighted by Crippen LogP contribution is -2.53. The Balaban J connectivity index is 1.72. The molecule has 1 aromatic rings. The number of halogens is 3. The third-order valence-corrected chi connectivity index (χ3v) is 5.33. The number of likely N-dealkylation sites (tertiary alicyclic amines) is 1. The summed E-state index contributed by atoms with van der Waals surface area (Å²) in [7, 11) is 0. The lowest BCUT2D eigenvalue weighted by atomic mass is 10.0. The molecule has 0 unspecified atom stereocenters. The van der Waals surface area contributed by atoms with Crippen LogP contribution in [0.25, 0.3) is 0 Å². The van der Waals surface area contributed by atoms with E-state index in [1.54, 1.807) is 25.7 Å². The van der Waals surface area contributed by atoms with E-state index < -0.39 is 23.8 Å². The van der Waals surface area contributed by atoms with Gasteiger partial charge in [-0.05, 0) is 45.6 Å². The van der Waals surface area contributed by atoms with Crippen LogP contribution >= 0.6 is 0 Å². The van der Waals surface area contributed by atoms with Crippen molar-refractivity contribution in [3.8, 4) is 0 Å². The van der Waals surface area contributed by atoms with Gasteiger partial charge >= 0.3 is 18.2 Å². The average Bonchev–Trinajstić information content (AvgIpc) is 3.40. The number of amides is 2. The molecule has 0 bridgehead atoms. The molecule has 5 nitrogen and oxygen atoms in total. The van der Waals surface area contributed by atoms with Crippen LogP contribution in [0.5, 0.6) is 0 Å². The number of alkyl halides is 3. The third-order valence-electron chi connectivity index (χ3n) is 5.33. The van der Waals surface area contributed by atoms with Crippen LogP contribution in [0.3, 0.4) is 0 Å². The Morgan fingerprint density at radius 2 is 1.66 bits per heavy atom. The van der Waals surface area contributed by atoms with E-state index in [1.807, 2.05) is 30.3 Å². The average molecular weight is 412 g/mol. The van der Waals surface area contributed by atoms with E-state index in [9.17, 15) is 22.8 Å². The van der Waals surface area contributed by atoms with E-state index in [2.05, 4.69) is 0 Å². The Kier molecular flexibility index (Phi) is 5.83. The molecule has 160 valence electrons. The first-order valence-corrected chi connectivity index (χ1v) is 9.90. The van der Waals surface area contributed by atoms with E-state index in [-0.39, 0.29) is 31.1 Å². The van der Waals surface area contributed by atoms with Crippen molar-refractivity contribution in [3.05, 3.63) is 35.9 Å². The zero-order chi connectivity index (χ0) is 21.4. The number of benzene rings is 1. The number of carbonyl (C=O) groups is 2. The maximum atomic E-state index is 12.9. The predicted molar refractivity (Wildman–Crippen MR) is 101 cm³/mol. The molecule has 1 aliphatic carbocycles. The third kappa shape index (κ3) is 5.22. The Hall–Kier alpha value is -2.25. The van der Waals surface area contributed by atoms with Gasteiger partial charge in [0, 0.05) is 31.1 Å². The molecular formula is C21H27F3N2O3. The number of piperidine rings is 1. The second-order valence-electron chi connectivity index (χ2n) is 8.73. The van der Waals surface area contributed by atoms with E-state index in [0.29, 0.717) is 12.8 Å². The lowest BCUT2D eigenvalue weighted by molar-refractivity contribution is -0.186. The Labute approximate surface area is 168 Å². The summed E-state index contributed by atoms with van der Waals surface area (Å²) in [5.41, 5.74) is 0.468. The van der Waals surface area contributed by atoms with Crippen molar-refractivity contribution in [2.24, 2.45) is 0 Å². The zero-order valence-corrected chi connectivity index (χ0v) is 16.9. The van der Waals surface area contributed by atoms with Gasteiger partial charge in [0.05, 0.1) is 0 Å². The van der Waals surface area contributed by atoms with Gasteiger partial charge in [-0.15, -0.1) is 0 Å². The van der Waals surface area contributed by atoms with E-state index in [1.165, 1.54) is 0 Å². The molecule has 0 N–H and O–H groups in total. The van der Waals surface area contributed by atoms with Gasteiger partial charge in [-0.3, -0.25) is 4.79 Å². The molecular weight excluding hydrogens is 385 g/mol. The van der Waals surface area contributed by atoms with Crippen LogP contribution in [0.4, 0.5) is 18.0 Å². The molecule has 1 aromatic carbocycles. The fraction of sp³-hybridized carbons (Fsp3) is 0.619. The summed E-state index contributed by atoms with van der Waals surface area (Å²) < 4.78 is 43.7. The van der Waals surface area contributed by atoms with Crippen molar-refractivity contribution in [1.29, 1.82) is 0 Å². The predicted octanol–water partition coefficient (Wildman–Crippen LogP) is 4.33. The maximum absolute atomic E-state index is 12.9. The van der Waals surface area contributed by atoms with Gasteiger partial charge in [0.1, 0.15) is 5.60 Å². The summed E-state index contributed by atoms with van der Waals surface area (Å²) in [5.74, 6) is -1.62. The minimum atomic E-state index is -4.87. The first-order valence-electron chi connectivity index (χ1n) is 9.90. The van der Waals surface area contributed by atoms with E-state index in [4.69, 9.17) is 4.74 Å². The molecule has 2 atom stereocenters. The molecule has 2 amide bonds. The molecule has 2 fully saturated rings. The number of rotatable bonds is 3. The summed E-state index contributed by atoms with van der Waals surface area (Å²) in [6, 6.07) is 9.57. The van der Waals surface area contributed by atoms with Crippen molar-refractivity contribution >= 4 is 12.0 Å². The van der Waals surface area contributed by atoms with Crippen molar-refractivity contribution < 1.29 is 27.5 Å². The normalized spacial score (nSPS) is 22.9. The van der Waals surface area contributed by atoms with Crippen LogP contribution in [-0.4, -0.2) is 58.8 Å². The highest BCUT2D eigenvalue weighted by Gasteiger charge is 2.50. The molecule has 1 heterocycles. The Bertz CT molecular complexity index is 738. The zero-order valence-electron chi connectivity index (χ0n) is 16.9. The van der Waals surface area contributed by atoms with Crippen molar-refractivity contribution in [3.63, 3.8) is 0 Å². The van der Waals surface area contributed by atoms with Gasteiger partial charge in [-0.1, -0.05) is 30.3 Å². The van der Waals surface area contributed by atoms with Gasteiger partial charge in [0.25, 0.3) is 0 Å². The number of hydrogen-bond donors (Lipinski definition) is 0. The van der Waals surface area contributed by atoms with Gasteiger partial charge in [-0.25, -0.2) is 4.79 Å². The highest BCUT2D eigenvalue weighted by molar-refractivity contribution is 5.82. The summed E-state index contributed by atoms with van der Waals surface area (Å²) in [5, 5.41) is 0. The van der Waals surface area contributed by atoms with Gasteiger partial charge in [0.15, 0.2) is 0 Å². The summed E-state index contributed by atoms with van der Waals surface area (Å²) in [6.07, 6.45) is -3.91. The minimum absolute atomic E-state index is 0.0228. The highest BCUT2D eigenvalue weighted by atomic mass is 19.4. The molecule has 3 rings (SSSR count). The molecule has 29 heavy (non-hydrogen) atoms. The fourth-order valence-electron chi connectivity index (χ4n) is 3.94. The molecule has 0 radical (unpaired) electrons. The maximum Gasteiger partial charge on any atom is 0.471 e. The van der Waals surface area contributed by atoms with Crippen LogP contribution < -0.4 is 0 Å². The molecule has 1 saturated heterocycles. The first kappa shape index (κ1) is 21.5. The SMILES string of the molecule is CC(C)(C)OC(=O)N(C1CCN(C(=O)C(F)(F)F)CC1)[C@@H]1C[C@H]1c1ccccc1. The monoisotopic (exact) mass is 412 g/mol. The standard InChI is InChI=1S/C21H27F3N2O3/c1-20(2,3)29-19(28)26(17-13-16(17)14-7-5-4-6-8-14)15-9-11-25(12-10-15)18(27)21(22,23)24/h4-8,15-17H,9-13H2,1-3H3/t16-,17+/m0/s1. The van der Waals surface area contributed by atoms with Crippen LogP contribution in [0.15, 0.2) is 30.3 Å². The number of nitrogens with zero attached hydrogens (tertiary/aromatic N) is 2. The van der Waals surface area contributed by atoms with Crippen molar-refractivity contribution in [2.45, 2.75) is 69.8 Å². The van der Waals surface area contributed by atoms with Gasteiger partial charge in [-0.2, -0.15) is 13.2 Å². The molecule has 0 aromatic heterocycles. The second-order valence-corrected chi connectivity index (χ2v) is 8.73. The highest BCUT2D eigenvalue weighted by Crippen LogP contribution is 2.46. The Morgan fingerprint density at radius 3 is 2.17 bits per heavy atom. The summed E-state index contributed by atoms with van der Waals surface area (Å²) in [4.78, 5) is 27.0. The quantitative estimate of drug-likeness (QED) is 0.742. The smallest absolute Gasteiger partial charge is 0.444 e. The molecule has 2 aliphatic rings. The molecule has 1 saturated carbocycles. The number of carbonyl (C=O) groups excluding carboxylic acids is 2. The lowest BCUT2D eigenvalue weighted by Gasteiger charge is -2.39. The first-order chi connectivity index (χ1) is 13.5. The number of hydrogen-bond acceptors (Lipinski definition) is 3. The van der Waals surface area contributed by atoms with Gasteiger partial charge in [0.2, 0.25) is 0 Å². The van der Waals surface area contributed by atoms with Crippen LogP contribution in [0, 0.1) is 0 Å². The second kappa shape index (κ2) is 7.88. The van der Waals surface area contributed by atoms with Crippen molar-refractivity contribution in [1.82, 2.24) is 9.80 Å². The minimum Gasteiger partial charge on any atom is -0.444 e. The molecule has 8 heteroatoms. The van der Waals surface area contributed by atoms with E-state index in [0.717, 1.165) is 16.9 Å². The largest absolute Gasteiger partial charge is 0.471 e. The topological polar surface area (TPSA) is 49.9 Å². The molecule has 1 aliphatic heterocycles. The summed E-state index contributed by atoms with van der Waals surface area (Å²) in [6.45, 7) is 5.32. The molecule has 0 spiro atoms. The van der Waals surface area contributed by atoms with Crippen LogP contribution in [0.2, 0.25) is 0 Å². The van der Waals surface area contributed by atoms with Gasteiger partial charge < -0.3 is 14.5 Å². The Morgan fingerprint density at radius 1 is 1.07 bits per heavy atom. The summed E-state index contributed by atoms with van der Waals surface area (Å²) >= 11 is 0. The van der Waals surface area contributed by atoms with Crippen LogP contribution in [0.1, 0.15) is 51.5 Å². The van der Waals surface area contributed by atoms with Crippen molar-refractivity contribution in [2.75, 3.05) is 13.1 Å².